The summed E-state index contributed by atoms with van der Waals surface area (Å²) in [7, 11) is 0. The van der Waals surface area contributed by atoms with Crippen LogP contribution in [0.2, 0.25) is 0 Å². The second-order valence-corrected chi connectivity index (χ2v) is 10.5. The van der Waals surface area contributed by atoms with Crippen LogP contribution in [0, 0.1) is 5.92 Å². The van der Waals surface area contributed by atoms with Gasteiger partial charge in [-0.15, -0.1) is 0 Å². The Labute approximate surface area is 216 Å². The van der Waals surface area contributed by atoms with Crippen molar-refractivity contribution < 1.29 is 19.2 Å². The Balaban J connectivity index is 1.34. The van der Waals surface area contributed by atoms with Gasteiger partial charge in [0.15, 0.2) is 0 Å². The van der Waals surface area contributed by atoms with E-state index in [2.05, 4.69) is 10.6 Å². The van der Waals surface area contributed by atoms with E-state index in [4.69, 9.17) is 5.73 Å². The molecular weight excluding hydrogens is 470 g/mol. The van der Waals surface area contributed by atoms with Gasteiger partial charge in [-0.3, -0.25) is 19.3 Å². The first-order chi connectivity index (χ1) is 17.7. The highest BCUT2D eigenvalue weighted by Gasteiger charge is 2.56. The predicted molar refractivity (Wildman–Crippen MR) is 138 cm³/mol. The van der Waals surface area contributed by atoms with Gasteiger partial charge >= 0.3 is 6.03 Å². The molecule has 1 saturated carbocycles. The molecule has 1 spiro atoms. The minimum absolute atomic E-state index is 0.0273. The predicted octanol–water partition coefficient (Wildman–Crippen LogP) is 2.49. The number of amides is 5. The highest BCUT2D eigenvalue weighted by atomic mass is 16.2. The van der Waals surface area contributed by atoms with Crippen molar-refractivity contribution in [2.75, 3.05) is 11.9 Å². The Morgan fingerprint density at radius 1 is 1.16 bits per heavy atom. The number of hydrogen-bond acceptors (Lipinski definition) is 5. The molecule has 4 N–H and O–H groups in total. The van der Waals surface area contributed by atoms with E-state index >= 15 is 0 Å². The fourth-order valence-corrected chi connectivity index (χ4v) is 5.43. The Hall–Kier alpha value is -3.72. The molecule has 0 aromatic heterocycles. The lowest BCUT2D eigenvalue weighted by Gasteiger charge is -2.31. The molecule has 0 radical (unpaired) electrons. The molecule has 2 aromatic rings. The lowest BCUT2D eigenvalue weighted by atomic mass is 9.91. The van der Waals surface area contributed by atoms with Gasteiger partial charge in [0.1, 0.15) is 12.1 Å². The summed E-state index contributed by atoms with van der Waals surface area (Å²) in [5.41, 5.74) is 7.62. The number of carbonyl (C=O) groups excluding carboxylic acids is 4. The van der Waals surface area contributed by atoms with Crippen molar-refractivity contribution in [1.82, 2.24) is 15.1 Å². The molecule has 194 valence electrons. The summed E-state index contributed by atoms with van der Waals surface area (Å²) >= 11 is 0. The van der Waals surface area contributed by atoms with E-state index in [1.165, 1.54) is 0 Å². The van der Waals surface area contributed by atoms with Crippen LogP contribution < -0.4 is 16.4 Å². The maximum Gasteiger partial charge on any atom is 0.325 e. The topological polar surface area (TPSA) is 125 Å². The molecule has 5 amide bonds. The van der Waals surface area contributed by atoms with Crippen molar-refractivity contribution in [3.05, 3.63) is 65.2 Å². The summed E-state index contributed by atoms with van der Waals surface area (Å²) in [4.78, 5) is 55.1. The van der Waals surface area contributed by atoms with E-state index < -0.39 is 23.5 Å². The highest BCUT2D eigenvalue weighted by Crippen LogP contribution is 2.42. The van der Waals surface area contributed by atoms with Crippen molar-refractivity contribution in [1.29, 1.82) is 0 Å². The first-order valence-corrected chi connectivity index (χ1v) is 12.9. The lowest BCUT2D eigenvalue weighted by Crippen LogP contribution is -2.47. The first kappa shape index (κ1) is 25.0. The number of imide groups is 1. The van der Waals surface area contributed by atoms with Crippen molar-refractivity contribution in [3.8, 4) is 0 Å². The van der Waals surface area contributed by atoms with Gasteiger partial charge in [0, 0.05) is 18.3 Å². The van der Waals surface area contributed by atoms with Gasteiger partial charge < -0.3 is 21.3 Å². The standard InChI is InChI=1S/C28H33N5O4/c1-17(29)25(35)30-22-10-11-23-21(14-22)12-13-28(23)26(36)33(27(37)31-28)16-24(34)32(18(2)20-8-9-20)15-19-6-4-3-5-7-19/h3-7,10-11,14,17-18,20H,8-9,12-13,15-16,29H2,1-2H3,(H,30,35)(H,31,37)/t17-,18-,28?/m0/s1. The molecule has 5 rings (SSSR count). The third-order valence-electron chi connectivity index (χ3n) is 7.80. The van der Waals surface area contributed by atoms with Crippen molar-refractivity contribution >= 4 is 29.4 Å². The molecule has 3 aliphatic rings. The Kier molecular flexibility index (Phi) is 6.49. The molecule has 9 nitrogen and oxygen atoms in total. The zero-order valence-electron chi connectivity index (χ0n) is 21.2. The van der Waals surface area contributed by atoms with Crippen LogP contribution in [0.1, 0.15) is 49.8 Å². The van der Waals surface area contributed by atoms with Crippen LogP contribution >= 0.6 is 0 Å². The number of nitrogens with zero attached hydrogens (tertiary/aromatic N) is 2. The largest absolute Gasteiger partial charge is 0.334 e. The zero-order chi connectivity index (χ0) is 26.3. The van der Waals surface area contributed by atoms with Crippen LogP contribution in [0.4, 0.5) is 10.5 Å². The maximum absolute atomic E-state index is 13.7. The molecule has 9 heteroatoms. The molecule has 1 saturated heterocycles. The van der Waals surface area contributed by atoms with Crippen molar-refractivity contribution in [2.45, 2.75) is 63.7 Å². The second-order valence-electron chi connectivity index (χ2n) is 10.5. The molecule has 2 fully saturated rings. The molecule has 2 aromatic carbocycles. The number of anilines is 1. The summed E-state index contributed by atoms with van der Waals surface area (Å²) in [5.74, 6) is -0.504. The van der Waals surface area contributed by atoms with E-state index in [1.807, 2.05) is 43.3 Å². The summed E-state index contributed by atoms with van der Waals surface area (Å²) in [6.07, 6.45) is 3.11. The van der Waals surface area contributed by atoms with Crippen molar-refractivity contribution in [2.24, 2.45) is 11.7 Å². The molecule has 1 heterocycles. The third kappa shape index (κ3) is 4.71. The van der Waals surface area contributed by atoms with Gasteiger partial charge in [-0.25, -0.2) is 4.79 Å². The zero-order valence-corrected chi connectivity index (χ0v) is 21.2. The van der Waals surface area contributed by atoms with E-state index in [-0.39, 0.29) is 24.4 Å². The SMILES string of the molecule is C[C@H](N)C(=O)Nc1ccc2c(c1)CCC21NC(=O)N(CC(=O)N(Cc2ccccc2)[C@@H](C)C2CC2)C1=O. The van der Waals surface area contributed by atoms with Gasteiger partial charge in [-0.05, 0) is 74.3 Å². The number of hydrogen-bond donors (Lipinski definition) is 3. The summed E-state index contributed by atoms with van der Waals surface area (Å²) in [6, 6.07) is 13.9. The maximum atomic E-state index is 13.7. The Morgan fingerprint density at radius 2 is 1.89 bits per heavy atom. The van der Waals surface area contributed by atoms with E-state index in [1.54, 1.807) is 24.0 Å². The first-order valence-electron chi connectivity index (χ1n) is 12.9. The Morgan fingerprint density at radius 3 is 2.57 bits per heavy atom. The van der Waals surface area contributed by atoms with Crippen LogP contribution in [-0.2, 0) is 32.9 Å². The van der Waals surface area contributed by atoms with E-state index in [9.17, 15) is 19.2 Å². The van der Waals surface area contributed by atoms with Gasteiger partial charge in [-0.1, -0.05) is 36.4 Å². The number of rotatable bonds is 8. The van der Waals surface area contributed by atoms with Crippen LogP contribution in [0.5, 0.6) is 0 Å². The quantitative estimate of drug-likeness (QED) is 0.478. The minimum Gasteiger partial charge on any atom is -0.334 e. The van der Waals surface area contributed by atoms with E-state index in [0.29, 0.717) is 36.6 Å². The van der Waals surface area contributed by atoms with Crippen molar-refractivity contribution in [3.63, 3.8) is 0 Å². The Bertz CT molecular complexity index is 1240. The number of nitrogens with one attached hydrogen (secondary N) is 2. The normalized spacial score (nSPS) is 22.0. The van der Waals surface area contributed by atoms with E-state index in [0.717, 1.165) is 28.9 Å². The molecular formula is C28H33N5O4. The van der Waals surface area contributed by atoms with Crippen LogP contribution in [0.3, 0.4) is 0 Å². The van der Waals surface area contributed by atoms with Crippen LogP contribution in [0.15, 0.2) is 48.5 Å². The molecule has 0 bridgehead atoms. The minimum atomic E-state index is -1.19. The van der Waals surface area contributed by atoms with Gasteiger partial charge in [-0.2, -0.15) is 0 Å². The molecule has 1 aliphatic heterocycles. The summed E-state index contributed by atoms with van der Waals surface area (Å²) in [5, 5.41) is 5.65. The molecule has 2 aliphatic carbocycles. The fraction of sp³-hybridized carbons (Fsp3) is 0.429. The number of urea groups is 1. The van der Waals surface area contributed by atoms with Gasteiger partial charge in [0.05, 0.1) is 6.04 Å². The molecule has 1 unspecified atom stereocenters. The molecule has 3 atom stereocenters. The number of carbonyl (C=O) groups is 4. The monoisotopic (exact) mass is 503 g/mol. The van der Waals surface area contributed by atoms with Crippen LogP contribution in [-0.4, -0.2) is 52.2 Å². The average molecular weight is 504 g/mol. The smallest absolute Gasteiger partial charge is 0.325 e. The third-order valence-corrected chi connectivity index (χ3v) is 7.80. The summed E-state index contributed by atoms with van der Waals surface area (Å²) in [6.45, 7) is 3.78. The fourth-order valence-electron chi connectivity index (χ4n) is 5.43. The number of nitrogens with two attached hydrogens (primary N) is 1. The lowest BCUT2D eigenvalue weighted by molar-refractivity contribution is -0.141. The van der Waals surface area contributed by atoms with Gasteiger partial charge in [0.2, 0.25) is 11.8 Å². The number of fused-ring (bicyclic) bond motifs is 2. The average Bonchev–Trinajstić information content (AvgIpc) is 3.63. The number of benzene rings is 2. The highest BCUT2D eigenvalue weighted by molar-refractivity contribution is 6.10. The second kappa shape index (κ2) is 9.63. The van der Waals surface area contributed by atoms with Gasteiger partial charge in [0.25, 0.3) is 5.91 Å². The number of aryl methyl sites for hydroxylation is 1. The molecule has 37 heavy (non-hydrogen) atoms. The summed E-state index contributed by atoms with van der Waals surface area (Å²) < 4.78 is 0. The van der Waals surface area contributed by atoms with Crippen LogP contribution in [0.25, 0.3) is 0 Å².